The Morgan fingerprint density at radius 1 is 1.17 bits per heavy atom. The summed E-state index contributed by atoms with van der Waals surface area (Å²) in [5.41, 5.74) is 0.857. The van der Waals surface area contributed by atoms with Crippen molar-refractivity contribution in [2.24, 2.45) is 0 Å². The molecule has 23 heavy (non-hydrogen) atoms. The van der Waals surface area contributed by atoms with Crippen LogP contribution in [0.1, 0.15) is 29.9 Å². The highest BCUT2D eigenvalue weighted by atomic mass is 32.1. The summed E-state index contributed by atoms with van der Waals surface area (Å²) in [4.78, 5) is 24.8. The molecular formula is C17H18FNO3S. The quantitative estimate of drug-likeness (QED) is 0.820. The molecule has 0 aliphatic rings. The first-order chi connectivity index (χ1) is 11.0. The van der Waals surface area contributed by atoms with Crippen LogP contribution in [0, 0.1) is 5.82 Å². The fourth-order valence-corrected chi connectivity index (χ4v) is 2.84. The van der Waals surface area contributed by atoms with E-state index in [-0.39, 0.29) is 36.8 Å². The molecule has 1 aromatic carbocycles. The Kier molecular flexibility index (Phi) is 5.87. The number of esters is 1. The second-order valence-electron chi connectivity index (χ2n) is 5.22. The van der Waals surface area contributed by atoms with E-state index >= 15 is 0 Å². The Hall–Kier alpha value is -2.21. The Balaban J connectivity index is 1.89. The number of nitrogens with one attached hydrogen (secondary N) is 1. The van der Waals surface area contributed by atoms with Crippen molar-refractivity contribution in [2.75, 3.05) is 6.54 Å². The maximum Gasteiger partial charge on any atom is 0.307 e. The van der Waals surface area contributed by atoms with Gasteiger partial charge in [0.25, 0.3) is 5.91 Å². The summed E-state index contributed by atoms with van der Waals surface area (Å²) in [5, 5.41) is 2.69. The van der Waals surface area contributed by atoms with Gasteiger partial charge in [-0.3, -0.25) is 9.59 Å². The van der Waals surface area contributed by atoms with Crippen LogP contribution in [0.3, 0.4) is 0 Å². The SMILES string of the molecule is CC(C)OC(=O)CCNC(=O)c1ccc(-c2ccc(F)cc2)s1. The summed E-state index contributed by atoms with van der Waals surface area (Å²) in [5.74, 6) is -0.865. The minimum atomic E-state index is -0.335. The van der Waals surface area contributed by atoms with Gasteiger partial charge in [-0.1, -0.05) is 12.1 Å². The molecule has 2 aromatic rings. The molecule has 0 bridgehead atoms. The third-order valence-electron chi connectivity index (χ3n) is 2.94. The van der Waals surface area contributed by atoms with Crippen LogP contribution in [0.15, 0.2) is 36.4 Å². The van der Waals surface area contributed by atoms with Gasteiger partial charge in [-0.25, -0.2) is 4.39 Å². The molecule has 2 rings (SSSR count). The molecule has 0 spiro atoms. The molecule has 6 heteroatoms. The van der Waals surface area contributed by atoms with E-state index in [1.165, 1.54) is 23.5 Å². The topological polar surface area (TPSA) is 55.4 Å². The Bertz CT molecular complexity index is 679. The van der Waals surface area contributed by atoms with E-state index in [0.29, 0.717) is 4.88 Å². The molecule has 0 saturated heterocycles. The lowest BCUT2D eigenvalue weighted by Crippen LogP contribution is -2.26. The average Bonchev–Trinajstić information content (AvgIpc) is 2.97. The van der Waals surface area contributed by atoms with Gasteiger partial charge in [0.2, 0.25) is 0 Å². The van der Waals surface area contributed by atoms with Crippen molar-refractivity contribution < 1.29 is 18.7 Å². The first-order valence-corrected chi connectivity index (χ1v) is 8.11. The van der Waals surface area contributed by atoms with Crippen LogP contribution >= 0.6 is 11.3 Å². The minimum Gasteiger partial charge on any atom is -0.463 e. The van der Waals surface area contributed by atoms with E-state index < -0.39 is 0 Å². The molecule has 0 fully saturated rings. The highest BCUT2D eigenvalue weighted by molar-refractivity contribution is 7.17. The van der Waals surface area contributed by atoms with Crippen molar-refractivity contribution in [3.05, 3.63) is 47.1 Å². The molecule has 0 atom stereocenters. The van der Waals surface area contributed by atoms with Crippen molar-refractivity contribution in [3.8, 4) is 10.4 Å². The predicted molar refractivity (Wildman–Crippen MR) is 87.9 cm³/mol. The zero-order valence-electron chi connectivity index (χ0n) is 13.0. The lowest BCUT2D eigenvalue weighted by Gasteiger charge is -2.08. The molecular weight excluding hydrogens is 317 g/mol. The van der Waals surface area contributed by atoms with Crippen molar-refractivity contribution >= 4 is 23.2 Å². The number of hydrogen-bond donors (Lipinski definition) is 1. The van der Waals surface area contributed by atoms with Gasteiger partial charge in [-0.2, -0.15) is 0 Å². The number of halogens is 1. The van der Waals surface area contributed by atoms with E-state index in [1.54, 1.807) is 32.0 Å². The second kappa shape index (κ2) is 7.87. The molecule has 1 amide bonds. The molecule has 1 N–H and O–H groups in total. The summed E-state index contributed by atoms with van der Waals surface area (Å²) in [7, 11) is 0. The summed E-state index contributed by atoms with van der Waals surface area (Å²) >= 11 is 1.32. The summed E-state index contributed by atoms with van der Waals surface area (Å²) in [6, 6.07) is 9.64. The van der Waals surface area contributed by atoms with Crippen LogP contribution in [0.2, 0.25) is 0 Å². The largest absolute Gasteiger partial charge is 0.463 e. The summed E-state index contributed by atoms with van der Waals surface area (Å²) in [6.45, 7) is 3.78. The second-order valence-corrected chi connectivity index (χ2v) is 6.30. The number of rotatable bonds is 6. The van der Waals surface area contributed by atoms with E-state index in [2.05, 4.69) is 5.32 Å². The van der Waals surface area contributed by atoms with Crippen molar-refractivity contribution in [1.82, 2.24) is 5.32 Å². The number of carbonyl (C=O) groups is 2. The van der Waals surface area contributed by atoms with Gasteiger partial charge in [-0.05, 0) is 43.7 Å². The monoisotopic (exact) mass is 335 g/mol. The van der Waals surface area contributed by atoms with Crippen LogP contribution < -0.4 is 5.32 Å². The Morgan fingerprint density at radius 2 is 1.87 bits per heavy atom. The van der Waals surface area contributed by atoms with E-state index in [4.69, 9.17) is 4.74 Å². The molecule has 0 radical (unpaired) electrons. The fourth-order valence-electron chi connectivity index (χ4n) is 1.92. The van der Waals surface area contributed by atoms with Crippen LogP contribution in [0.4, 0.5) is 4.39 Å². The van der Waals surface area contributed by atoms with Gasteiger partial charge in [0, 0.05) is 11.4 Å². The van der Waals surface area contributed by atoms with Crippen LogP contribution in [0.25, 0.3) is 10.4 Å². The van der Waals surface area contributed by atoms with E-state index in [9.17, 15) is 14.0 Å². The van der Waals surface area contributed by atoms with Gasteiger partial charge >= 0.3 is 5.97 Å². The minimum absolute atomic E-state index is 0.139. The lowest BCUT2D eigenvalue weighted by molar-refractivity contribution is -0.147. The molecule has 122 valence electrons. The fraction of sp³-hybridized carbons (Fsp3) is 0.294. The number of hydrogen-bond acceptors (Lipinski definition) is 4. The number of carbonyl (C=O) groups excluding carboxylic acids is 2. The van der Waals surface area contributed by atoms with E-state index in [1.807, 2.05) is 6.07 Å². The average molecular weight is 335 g/mol. The maximum absolute atomic E-state index is 12.9. The molecule has 0 unspecified atom stereocenters. The highest BCUT2D eigenvalue weighted by Crippen LogP contribution is 2.28. The smallest absolute Gasteiger partial charge is 0.307 e. The zero-order chi connectivity index (χ0) is 16.8. The standard InChI is InChI=1S/C17H18FNO3S/c1-11(2)22-16(20)9-10-19-17(21)15-8-7-14(23-15)12-3-5-13(18)6-4-12/h3-8,11H,9-10H2,1-2H3,(H,19,21). The van der Waals surface area contributed by atoms with Gasteiger partial charge in [-0.15, -0.1) is 11.3 Å². The van der Waals surface area contributed by atoms with Crippen LogP contribution in [-0.2, 0) is 9.53 Å². The number of thiophene rings is 1. The zero-order valence-corrected chi connectivity index (χ0v) is 13.8. The summed E-state index contributed by atoms with van der Waals surface area (Å²) in [6.07, 6.45) is -0.0195. The van der Waals surface area contributed by atoms with Crippen molar-refractivity contribution in [2.45, 2.75) is 26.4 Å². The molecule has 1 aromatic heterocycles. The van der Waals surface area contributed by atoms with Gasteiger partial charge in [0.05, 0.1) is 17.4 Å². The van der Waals surface area contributed by atoms with Crippen LogP contribution in [0.5, 0.6) is 0 Å². The Labute approximate surface area is 138 Å². The van der Waals surface area contributed by atoms with Crippen molar-refractivity contribution in [3.63, 3.8) is 0 Å². The highest BCUT2D eigenvalue weighted by Gasteiger charge is 2.11. The van der Waals surface area contributed by atoms with Gasteiger partial charge < -0.3 is 10.1 Å². The third kappa shape index (κ3) is 5.17. The lowest BCUT2D eigenvalue weighted by atomic mass is 10.2. The van der Waals surface area contributed by atoms with Gasteiger partial charge in [0.15, 0.2) is 0 Å². The number of amides is 1. The predicted octanol–water partition coefficient (Wildman–Crippen LogP) is 3.63. The number of ether oxygens (including phenoxy) is 1. The van der Waals surface area contributed by atoms with E-state index in [0.717, 1.165) is 10.4 Å². The number of benzene rings is 1. The molecule has 0 aliphatic carbocycles. The normalized spacial score (nSPS) is 10.6. The van der Waals surface area contributed by atoms with Crippen molar-refractivity contribution in [1.29, 1.82) is 0 Å². The first-order valence-electron chi connectivity index (χ1n) is 7.29. The Morgan fingerprint density at radius 3 is 2.52 bits per heavy atom. The third-order valence-corrected chi connectivity index (χ3v) is 4.07. The van der Waals surface area contributed by atoms with Gasteiger partial charge in [0.1, 0.15) is 5.82 Å². The van der Waals surface area contributed by atoms with Crippen LogP contribution in [-0.4, -0.2) is 24.5 Å². The first kappa shape index (κ1) is 17.1. The molecule has 0 saturated carbocycles. The molecule has 1 heterocycles. The molecule has 4 nitrogen and oxygen atoms in total. The summed E-state index contributed by atoms with van der Waals surface area (Å²) < 4.78 is 17.9. The molecule has 0 aliphatic heterocycles. The maximum atomic E-state index is 12.9.